The van der Waals surface area contributed by atoms with Crippen molar-refractivity contribution in [2.24, 2.45) is 11.3 Å². The summed E-state index contributed by atoms with van der Waals surface area (Å²) in [5, 5.41) is 8.85. The Hall–Kier alpha value is -2.97. The average molecular weight is 427 g/mol. The van der Waals surface area contributed by atoms with E-state index in [-0.39, 0.29) is 6.04 Å². The highest BCUT2D eigenvalue weighted by atomic mass is 16.5. The standard InChI is InChI=1S/C22H30N6O3/c1-6-31-20(29)16-11-23-27(13-16)21-25-17-12-24-28(18(17)19(26-21)30-5)14(2)15-7-9-22(3,4)10-8-15/h11-15H,6-10H2,1-5H3/t14-/m0/s1. The van der Waals surface area contributed by atoms with E-state index in [9.17, 15) is 4.79 Å². The summed E-state index contributed by atoms with van der Waals surface area (Å²) >= 11 is 0. The lowest BCUT2D eigenvalue weighted by molar-refractivity contribution is 0.0526. The quantitative estimate of drug-likeness (QED) is 0.550. The first-order chi connectivity index (χ1) is 14.8. The van der Waals surface area contributed by atoms with Crippen molar-refractivity contribution in [3.63, 3.8) is 0 Å². The van der Waals surface area contributed by atoms with Gasteiger partial charge in [0.15, 0.2) is 0 Å². The van der Waals surface area contributed by atoms with Gasteiger partial charge >= 0.3 is 5.97 Å². The van der Waals surface area contributed by atoms with Gasteiger partial charge in [0, 0.05) is 6.20 Å². The summed E-state index contributed by atoms with van der Waals surface area (Å²) in [5.74, 6) is 0.873. The molecule has 0 amide bonds. The highest BCUT2D eigenvalue weighted by Crippen LogP contribution is 2.42. The van der Waals surface area contributed by atoms with Crippen molar-refractivity contribution in [1.82, 2.24) is 29.5 Å². The molecule has 0 N–H and O–H groups in total. The smallest absolute Gasteiger partial charge is 0.341 e. The maximum Gasteiger partial charge on any atom is 0.341 e. The van der Waals surface area contributed by atoms with Gasteiger partial charge in [-0.2, -0.15) is 15.2 Å². The van der Waals surface area contributed by atoms with Crippen LogP contribution >= 0.6 is 0 Å². The molecule has 1 atom stereocenters. The Morgan fingerprint density at radius 2 is 1.97 bits per heavy atom. The van der Waals surface area contributed by atoms with Gasteiger partial charge in [-0.25, -0.2) is 14.5 Å². The molecule has 0 aromatic carbocycles. The minimum atomic E-state index is -0.431. The third-order valence-electron chi connectivity index (χ3n) is 6.34. The van der Waals surface area contributed by atoms with Gasteiger partial charge < -0.3 is 9.47 Å². The molecular weight excluding hydrogens is 396 g/mol. The second-order valence-corrected chi connectivity index (χ2v) is 8.99. The maximum atomic E-state index is 11.9. The van der Waals surface area contributed by atoms with E-state index in [1.54, 1.807) is 26.4 Å². The van der Waals surface area contributed by atoms with Crippen molar-refractivity contribution < 1.29 is 14.3 Å². The summed E-state index contributed by atoms with van der Waals surface area (Å²) in [6.07, 6.45) is 9.54. The minimum absolute atomic E-state index is 0.220. The molecule has 0 radical (unpaired) electrons. The molecule has 166 valence electrons. The van der Waals surface area contributed by atoms with Gasteiger partial charge in [-0.05, 0) is 50.9 Å². The average Bonchev–Trinajstić information content (AvgIpc) is 3.40. The Morgan fingerprint density at radius 3 is 2.65 bits per heavy atom. The zero-order valence-electron chi connectivity index (χ0n) is 18.8. The van der Waals surface area contributed by atoms with E-state index in [4.69, 9.17) is 9.47 Å². The van der Waals surface area contributed by atoms with Crippen LogP contribution in [-0.2, 0) is 4.74 Å². The van der Waals surface area contributed by atoms with Crippen molar-refractivity contribution in [2.45, 2.75) is 59.4 Å². The minimum Gasteiger partial charge on any atom is -0.479 e. The number of hydrogen-bond acceptors (Lipinski definition) is 7. The number of aromatic nitrogens is 6. The van der Waals surface area contributed by atoms with Crippen LogP contribution in [0.4, 0.5) is 0 Å². The van der Waals surface area contributed by atoms with E-state index in [1.807, 2.05) is 4.68 Å². The zero-order chi connectivity index (χ0) is 22.2. The van der Waals surface area contributed by atoms with Crippen LogP contribution in [0.15, 0.2) is 18.6 Å². The number of carbonyl (C=O) groups excluding carboxylic acids is 1. The first-order valence-electron chi connectivity index (χ1n) is 10.8. The molecule has 1 saturated carbocycles. The molecule has 1 fully saturated rings. The second-order valence-electron chi connectivity index (χ2n) is 8.99. The first-order valence-corrected chi connectivity index (χ1v) is 10.8. The van der Waals surface area contributed by atoms with Crippen LogP contribution in [-0.4, -0.2) is 49.2 Å². The summed E-state index contributed by atoms with van der Waals surface area (Å²) in [6, 6.07) is 0.220. The monoisotopic (exact) mass is 426 g/mol. The van der Waals surface area contributed by atoms with Gasteiger partial charge in [-0.3, -0.25) is 4.68 Å². The van der Waals surface area contributed by atoms with Crippen molar-refractivity contribution in [1.29, 1.82) is 0 Å². The van der Waals surface area contributed by atoms with Crippen LogP contribution in [0.1, 0.15) is 69.8 Å². The lowest BCUT2D eigenvalue weighted by Crippen LogP contribution is -2.27. The van der Waals surface area contributed by atoms with Crippen molar-refractivity contribution in [3.8, 4) is 11.8 Å². The molecule has 0 bridgehead atoms. The second kappa shape index (κ2) is 8.28. The third-order valence-corrected chi connectivity index (χ3v) is 6.34. The van der Waals surface area contributed by atoms with Crippen molar-refractivity contribution in [2.75, 3.05) is 13.7 Å². The zero-order valence-corrected chi connectivity index (χ0v) is 18.8. The van der Waals surface area contributed by atoms with Crippen molar-refractivity contribution in [3.05, 3.63) is 24.2 Å². The highest BCUT2D eigenvalue weighted by molar-refractivity contribution is 5.88. The van der Waals surface area contributed by atoms with E-state index in [0.29, 0.717) is 40.8 Å². The first kappa shape index (κ1) is 21.3. The summed E-state index contributed by atoms with van der Waals surface area (Å²) in [6.45, 7) is 8.96. The van der Waals surface area contributed by atoms with E-state index in [1.165, 1.54) is 36.6 Å². The molecule has 0 saturated heterocycles. The number of rotatable bonds is 6. The number of nitrogens with zero attached hydrogens (tertiary/aromatic N) is 6. The van der Waals surface area contributed by atoms with Crippen LogP contribution in [0.5, 0.6) is 5.88 Å². The highest BCUT2D eigenvalue weighted by Gasteiger charge is 2.32. The Bertz CT molecular complexity index is 1080. The molecule has 3 aromatic heterocycles. The van der Waals surface area contributed by atoms with Crippen LogP contribution in [0.2, 0.25) is 0 Å². The molecule has 0 unspecified atom stereocenters. The Morgan fingerprint density at radius 1 is 1.23 bits per heavy atom. The van der Waals surface area contributed by atoms with E-state index in [0.717, 1.165) is 5.52 Å². The lowest BCUT2D eigenvalue weighted by atomic mass is 9.71. The molecule has 31 heavy (non-hydrogen) atoms. The fourth-order valence-electron chi connectivity index (χ4n) is 4.33. The molecule has 1 aliphatic carbocycles. The van der Waals surface area contributed by atoms with Crippen LogP contribution < -0.4 is 4.74 Å². The molecule has 9 heteroatoms. The van der Waals surface area contributed by atoms with Crippen LogP contribution in [0.25, 0.3) is 17.0 Å². The third kappa shape index (κ3) is 4.13. The number of esters is 1. The van der Waals surface area contributed by atoms with Crippen molar-refractivity contribution >= 4 is 17.0 Å². The van der Waals surface area contributed by atoms with Gasteiger partial charge in [0.05, 0.1) is 37.7 Å². The van der Waals surface area contributed by atoms with E-state index in [2.05, 4.69) is 40.9 Å². The maximum absolute atomic E-state index is 11.9. The SMILES string of the molecule is CCOC(=O)c1cnn(-c2nc(OC)c3c(cnn3[C@@H](C)C3CCC(C)(C)CC3)n2)c1. The molecule has 0 aliphatic heterocycles. The van der Waals surface area contributed by atoms with Crippen LogP contribution in [0.3, 0.4) is 0 Å². The summed E-state index contributed by atoms with van der Waals surface area (Å²) in [5.41, 5.74) is 2.22. The molecule has 3 aromatic rings. The molecule has 1 aliphatic rings. The Balaban J connectivity index is 1.65. The summed E-state index contributed by atoms with van der Waals surface area (Å²) in [4.78, 5) is 21.1. The number of ether oxygens (including phenoxy) is 2. The van der Waals surface area contributed by atoms with Gasteiger partial charge in [-0.1, -0.05) is 13.8 Å². The summed E-state index contributed by atoms with van der Waals surface area (Å²) < 4.78 is 14.1. The van der Waals surface area contributed by atoms with E-state index < -0.39 is 5.97 Å². The van der Waals surface area contributed by atoms with Gasteiger partial charge in [0.25, 0.3) is 5.95 Å². The molecule has 4 rings (SSSR count). The molecular formula is C22H30N6O3. The number of carbonyl (C=O) groups is 1. The number of hydrogen-bond donors (Lipinski definition) is 0. The normalized spacial score (nSPS) is 17.6. The van der Waals surface area contributed by atoms with Gasteiger partial charge in [0.1, 0.15) is 11.0 Å². The fraction of sp³-hybridized carbons (Fsp3) is 0.591. The van der Waals surface area contributed by atoms with Gasteiger partial charge in [-0.15, -0.1) is 0 Å². The fourth-order valence-corrected chi connectivity index (χ4v) is 4.33. The number of methoxy groups -OCH3 is 1. The molecule has 9 nitrogen and oxygen atoms in total. The molecule has 0 spiro atoms. The summed E-state index contributed by atoms with van der Waals surface area (Å²) in [7, 11) is 1.59. The Labute approximate surface area is 181 Å². The predicted octanol–water partition coefficient (Wildman–Crippen LogP) is 3.97. The van der Waals surface area contributed by atoms with Crippen LogP contribution in [0, 0.1) is 11.3 Å². The molecule has 3 heterocycles. The van der Waals surface area contributed by atoms with Gasteiger partial charge in [0.2, 0.25) is 5.88 Å². The lowest BCUT2D eigenvalue weighted by Gasteiger charge is -2.37. The Kier molecular flexibility index (Phi) is 5.68. The number of fused-ring (bicyclic) bond motifs is 1. The largest absolute Gasteiger partial charge is 0.479 e. The topological polar surface area (TPSA) is 97.0 Å². The predicted molar refractivity (Wildman–Crippen MR) is 115 cm³/mol. The van der Waals surface area contributed by atoms with E-state index >= 15 is 0 Å².